The molecule has 0 radical (unpaired) electrons. The zero-order valence-electron chi connectivity index (χ0n) is 15.6. The van der Waals surface area contributed by atoms with E-state index >= 15 is 0 Å². The zero-order chi connectivity index (χ0) is 20.4. The molecule has 0 aliphatic carbocycles. The second-order valence-corrected chi connectivity index (χ2v) is 9.24. The SMILES string of the molecule is Cc1cc(C)cc(N([C@H](C)C(=O)NCc2ccc(Cl)cc2Cl)S(C)(=O)=O)c1. The highest BCUT2D eigenvalue weighted by Gasteiger charge is 2.29. The summed E-state index contributed by atoms with van der Waals surface area (Å²) in [4.78, 5) is 12.6. The van der Waals surface area contributed by atoms with Gasteiger partial charge in [-0.1, -0.05) is 35.3 Å². The van der Waals surface area contributed by atoms with E-state index in [1.807, 2.05) is 19.9 Å². The van der Waals surface area contributed by atoms with E-state index in [1.54, 1.807) is 37.3 Å². The highest BCUT2D eigenvalue weighted by atomic mass is 35.5. The number of sulfonamides is 1. The van der Waals surface area contributed by atoms with Crippen LogP contribution < -0.4 is 9.62 Å². The Hall–Kier alpha value is -1.76. The van der Waals surface area contributed by atoms with Crippen molar-refractivity contribution >= 4 is 44.8 Å². The molecule has 27 heavy (non-hydrogen) atoms. The summed E-state index contributed by atoms with van der Waals surface area (Å²) in [6.07, 6.45) is 1.09. The maximum Gasteiger partial charge on any atom is 0.243 e. The van der Waals surface area contributed by atoms with E-state index < -0.39 is 22.0 Å². The van der Waals surface area contributed by atoms with Gasteiger partial charge >= 0.3 is 0 Å². The standard InChI is InChI=1S/C19H22Cl2N2O3S/c1-12-7-13(2)9-17(8-12)23(27(4,25)26)14(3)19(24)22-11-15-5-6-16(20)10-18(15)21/h5-10,14H,11H2,1-4H3,(H,22,24)/t14-/m1/s1. The first kappa shape index (κ1) is 21.5. The minimum absolute atomic E-state index is 0.170. The van der Waals surface area contributed by atoms with E-state index in [2.05, 4.69) is 5.32 Å². The summed E-state index contributed by atoms with van der Waals surface area (Å²) in [5.41, 5.74) is 2.99. The summed E-state index contributed by atoms with van der Waals surface area (Å²) in [5.74, 6) is -0.425. The first-order valence-corrected chi connectivity index (χ1v) is 10.9. The van der Waals surface area contributed by atoms with Crippen molar-refractivity contribution in [2.75, 3.05) is 10.6 Å². The number of carbonyl (C=O) groups is 1. The van der Waals surface area contributed by atoms with Crippen molar-refractivity contribution in [1.29, 1.82) is 0 Å². The normalized spacial score (nSPS) is 12.5. The number of hydrogen-bond acceptors (Lipinski definition) is 3. The Balaban J connectivity index is 2.24. The Morgan fingerprint density at radius 3 is 2.22 bits per heavy atom. The van der Waals surface area contributed by atoms with Gasteiger partial charge in [0.05, 0.1) is 11.9 Å². The Bertz CT molecular complexity index is 941. The number of halogens is 2. The van der Waals surface area contributed by atoms with Gasteiger partial charge in [-0.15, -0.1) is 0 Å². The van der Waals surface area contributed by atoms with E-state index in [0.717, 1.165) is 21.7 Å². The number of anilines is 1. The average molecular weight is 429 g/mol. The molecule has 0 aliphatic heterocycles. The third-order valence-corrected chi connectivity index (χ3v) is 5.85. The summed E-state index contributed by atoms with van der Waals surface area (Å²) in [5, 5.41) is 3.67. The summed E-state index contributed by atoms with van der Waals surface area (Å²) in [6, 6.07) is 9.49. The second kappa shape index (κ2) is 8.50. The Labute approximate surface area is 170 Å². The second-order valence-electron chi connectivity index (χ2n) is 6.53. The average Bonchev–Trinajstić information content (AvgIpc) is 2.51. The van der Waals surface area contributed by atoms with Crippen molar-refractivity contribution in [1.82, 2.24) is 5.32 Å². The van der Waals surface area contributed by atoms with Gasteiger partial charge in [-0.3, -0.25) is 9.10 Å². The van der Waals surface area contributed by atoms with Crippen molar-refractivity contribution in [2.24, 2.45) is 0 Å². The molecule has 146 valence electrons. The van der Waals surface area contributed by atoms with Crippen molar-refractivity contribution < 1.29 is 13.2 Å². The maximum atomic E-state index is 12.6. The van der Waals surface area contributed by atoms with Gasteiger partial charge in [0.1, 0.15) is 6.04 Å². The lowest BCUT2D eigenvalue weighted by atomic mass is 10.1. The van der Waals surface area contributed by atoms with Crippen molar-refractivity contribution in [3.8, 4) is 0 Å². The number of hydrogen-bond donors (Lipinski definition) is 1. The molecule has 1 atom stereocenters. The van der Waals surface area contributed by atoms with Gasteiger partial charge in [0.15, 0.2) is 0 Å². The molecule has 0 spiro atoms. The van der Waals surface area contributed by atoms with Gasteiger partial charge in [0, 0.05) is 16.6 Å². The number of nitrogens with zero attached hydrogens (tertiary/aromatic N) is 1. The van der Waals surface area contributed by atoms with Gasteiger partial charge in [-0.2, -0.15) is 0 Å². The minimum Gasteiger partial charge on any atom is -0.350 e. The molecule has 0 unspecified atom stereocenters. The van der Waals surface area contributed by atoms with Crippen molar-refractivity contribution in [3.05, 3.63) is 63.1 Å². The molecule has 2 rings (SSSR count). The number of amides is 1. The van der Waals surface area contributed by atoms with Crippen LogP contribution in [0.5, 0.6) is 0 Å². The topological polar surface area (TPSA) is 66.5 Å². The van der Waals surface area contributed by atoms with Crippen molar-refractivity contribution in [3.63, 3.8) is 0 Å². The number of benzene rings is 2. The van der Waals surface area contributed by atoms with Gasteiger partial charge in [-0.25, -0.2) is 8.42 Å². The van der Waals surface area contributed by atoms with E-state index in [-0.39, 0.29) is 6.54 Å². The first-order valence-electron chi connectivity index (χ1n) is 8.28. The highest BCUT2D eigenvalue weighted by molar-refractivity contribution is 7.92. The molecule has 0 bridgehead atoms. The zero-order valence-corrected chi connectivity index (χ0v) is 17.9. The lowest BCUT2D eigenvalue weighted by Gasteiger charge is -2.29. The third-order valence-electron chi connectivity index (χ3n) is 4.02. The van der Waals surface area contributed by atoms with Gasteiger partial charge in [-0.05, 0) is 61.7 Å². The quantitative estimate of drug-likeness (QED) is 0.753. The molecule has 0 aliphatic rings. The fourth-order valence-corrected chi connectivity index (χ4v) is 4.52. The smallest absolute Gasteiger partial charge is 0.243 e. The van der Waals surface area contributed by atoms with Crippen LogP contribution in [0.15, 0.2) is 36.4 Å². The first-order chi connectivity index (χ1) is 12.5. The van der Waals surface area contributed by atoms with Crippen LogP contribution in [-0.4, -0.2) is 26.6 Å². The van der Waals surface area contributed by atoms with E-state index in [9.17, 15) is 13.2 Å². The fraction of sp³-hybridized carbons (Fsp3) is 0.316. The number of rotatable bonds is 6. The van der Waals surface area contributed by atoms with Crippen LogP contribution in [0.25, 0.3) is 0 Å². The summed E-state index contributed by atoms with van der Waals surface area (Å²) >= 11 is 12.0. The van der Waals surface area contributed by atoms with Crippen LogP contribution in [0.2, 0.25) is 10.0 Å². The molecule has 5 nitrogen and oxygen atoms in total. The predicted molar refractivity (Wildman–Crippen MR) is 111 cm³/mol. The summed E-state index contributed by atoms with van der Waals surface area (Å²) in [7, 11) is -3.66. The third kappa shape index (κ3) is 5.61. The molecule has 2 aromatic rings. The molecule has 1 amide bonds. The van der Waals surface area contributed by atoms with Crippen LogP contribution in [-0.2, 0) is 21.4 Å². The molecule has 0 saturated heterocycles. The van der Waals surface area contributed by atoms with Gasteiger partial charge in [0.2, 0.25) is 15.9 Å². The Morgan fingerprint density at radius 2 is 1.70 bits per heavy atom. The van der Waals surface area contributed by atoms with Crippen LogP contribution in [0.4, 0.5) is 5.69 Å². The monoisotopic (exact) mass is 428 g/mol. The molecule has 0 heterocycles. The largest absolute Gasteiger partial charge is 0.350 e. The lowest BCUT2D eigenvalue weighted by Crippen LogP contribution is -2.47. The van der Waals surface area contributed by atoms with Gasteiger partial charge < -0.3 is 5.32 Å². The number of aryl methyl sites for hydroxylation is 2. The van der Waals surface area contributed by atoms with E-state index in [4.69, 9.17) is 23.2 Å². The molecule has 1 N–H and O–H groups in total. The molecule has 0 fully saturated rings. The van der Waals surface area contributed by atoms with E-state index in [0.29, 0.717) is 21.3 Å². The van der Waals surface area contributed by atoms with Crippen LogP contribution in [0.3, 0.4) is 0 Å². The van der Waals surface area contributed by atoms with Crippen LogP contribution >= 0.6 is 23.2 Å². The molecule has 8 heteroatoms. The van der Waals surface area contributed by atoms with Crippen molar-refractivity contribution in [2.45, 2.75) is 33.4 Å². The van der Waals surface area contributed by atoms with Gasteiger partial charge in [0.25, 0.3) is 0 Å². The van der Waals surface area contributed by atoms with Crippen LogP contribution in [0, 0.1) is 13.8 Å². The Kier molecular flexibility index (Phi) is 6.78. The molecular weight excluding hydrogens is 407 g/mol. The molecule has 0 aromatic heterocycles. The maximum absolute atomic E-state index is 12.6. The molecular formula is C19H22Cl2N2O3S. The lowest BCUT2D eigenvalue weighted by molar-refractivity contribution is -0.122. The molecule has 0 saturated carbocycles. The predicted octanol–water partition coefficient (Wildman–Crippen LogP) is 4.08. The number of nitrogens with one attached hydrogen (secondary N) is 1. The van der Waals surface area contributed by atoms with Crippen LogP contribution in [0.1, 0.15) is 23.6 Å². The number of carbonyl (C=O) groups excluding carboxylic acids is 1. The fourth-order valence-electron chi connectivity index (χ4n) is 2.88. The summed E-state index contributed by atoms with van der Waals surface area (Å²) in [6.45, 7) is 5.48. The van der Waals surface area contributed by atoms with E-state index in [1.165, 1.54) is 0 Å². The summed E-state index contributed by atoms with van der Waals surface area (Å²) < 4.78 is 25.9. The Morgan fingerprint density at radius 1 is 1.11 bits per heavy atom. The minimum atomic E-state index is -3.66. The highest BCUT2D eigenvalue weighted by Crippen LogP contribution is 2.24. The molecule has 2 aromatic carbocycles.